The molecule has 0 atom stereocenters. The highest BCUT2D eigenvalue weighted by Crippen LogP contribution is 2.28. The molecule has 1 aromatic carbocycles. The first-order chi connectivity index (χ1) is 10.3. The number of hydrogen-bond donors (Lipinski definition) is 2. The van der Waals surface area contributed by atoms with E-state index in [0.29, 0.717) is 17.2 Å². The van der Waals surface area contributed by atoms with Crippen LogP contribution in [-0.4, -0.2) is 21.0 Å². The number of aromatic nitrogens is 2. The van der Waals surface area contributed by atoms with Crippen LogP contribution < -0.4 is 10.5 Å². The third-order valence-corrected chi connectivity index (χ3v) is 2.93. The molecule has 0 aliphatic carbocycles. The largest absolute Gasteiger partial charge is 0.455 e. The number of nitrogens with zero attached hydrogens (tertiary/aromatic N) is 3. The van der Waals surface area contributed by atoms with Gasteiger partial charge in [-0.2, -0.15) is 0 Å². The van der Waals surface area contributed by atoms with Gasteiger partial charge < -0.3 is 15.7 Å². The molecule has 3 N–H and O–H groups in total. The van der Waals surface area contributed by atoms with E-state index in [-0.39, 0.29) is 5.84 Å². The van der Waals surface area contributed by atoms with Crippen LogP contribution in [0.5, 0.6) is 11.5 Å². The maximum Gasteiger partial charge on any atom is 0.188 e. The van der Waals surface area contributed by atoms with E-state index in [1.807, 2.05) is 30.3 Å². The minimum Gasteiger partial charge on any atom is -0.455 e. The van der Waals surface area contributed by atoms with Crippen LogP contribution in [-0.2, 0) is 0 Å². The van der Waals surface area contributed by atoms with E-state index in [2.05, 4.69) is 15.1 Å². The van der Waals surface area contributed by atoms with Gasteiger partial charge in [0.25, 0.3) is 0 Å². The molecule has 0 aliphatic rings. The van der Waals surface area contributed by atoms with E-state index in [0.717, 1.165) is 10.9 Å². The lowest BCUT2D eigenvalue weighted by atomic mass is 10.2. The van der Waals surface area contributed by atoms with Crippen molar-refractivity contribution < 1.29 is 9.94 Å². The number of amidine groups is 1. The maximum atomic E-state index is 8.68. The first kappa shape index (κ1) is 12.9. The Morgan fingerprint density at radius 3 is 2.81 bits per heavy atom. The van der Waals surface area contributed by atoms with E-state index in [4.69, 9.17) is 15.7 Å². The fourth-order valence-electron chi connectivity index (χ4n) is 1.95. The van der Waals surface area contributed by atoms with Gasteiger partial charge in [-0.3, -0.25) is 9.97 Å². The third kappa shape index (κ3) is 2.59. The molecular weight excluding hydrogens is 268 g/mol. The van der Waals surface area contributed by atoms with Gasteiger partial charge in [-0.05, 0) is 18.2 Å². The maximum absolute atomic E-state index is 8.68. The van der Waals surface area contributed by atoms with Crippen LogP contribution in [0.3, 0.4) is 0 Å². The molecular formula is C15H12N4O2. The number of pyridine rings is 2. The zero-order chi connectivity index (χ0) is 14.7. The smallest absolute Gasteiger partial charge is 0.188 e. The number of benzene rings is 1. The second kappa shape index (κ2) is 5.46. The lowest BCUT2D eigenvalue weighted by Crippen LogP contribution is -2.14. The van der Waals surface area contributed by atoms with Gasteiger partial charge in [-0.25, -0.2) is 0 Å². The summed E-state index contributed by atoms with van der Waals surface area (Å²) < 4.78 is 5.83. The van der Waals surface area contributed by atoms with Crippen molar-refractivity contribution in [3.63, 3.8) is 0 Å². The van der Waals surface area contributed by atoms with Crippen LogP contribution in [0, 0.1) is 0 Å². The molecule has 6 nitrogen and oxygen atoms in total. The normalized spacial score (nSPS) is 11.5. The Morgan fingerprint density at radius 2 is 1.95 bits per heavy atom. The average Bonchev–Trinajstić information content (AvgIpc) is 2.55. The van der Waals surface area contributed by atoms with Crippen LogP contribution in [0.2, 0.25) is 0 Å². The Balaban J connectivity index is 1.99. The molecule has 3 rings (SSSR count). The summed E-state index contributed by atoms with van der Waals surface area (Å²) >= 11 is 0. The summed E-state index contributed by atoms with van der Waals surface area (Å²) in [6, 6.07) is 12.8. The summed E-state index contributed by atoms with van der Waals surface area (Å²) in [7, 11) is 0. The minimum atomic E-state index is -0.0727. The summed E-state index contributed by atoms with van der Waals surface area (Å²) in [6.07, 6.45) is 3.24. The molecule has 0 amide bonds. The highest BCUT2D eigenvalue weighted by molar-refractivity contribution is 5.95. The topological polar surface area (TPSA) is 93.6 Å². The number of nitrogens with two attached hydrogens (primary N) is 1. The molecule has 6 heteroatoms. The molecule has 21 heavy (non-hydrogen) atoms. The molecule has 0 unspecified atom stereocenters. The van der Waals surface area contributed by atoms with E-state index >= 15 is 0 Å². The lowest BCUT2D eigenvalue weighted by molar-refractivity contribution is 0.318. The van der Waals surface area contributed by atoms with Crippen molar-refractivity contribution in [2.75, 3.05) is 0 Å². The highest BCUT2D eigenvalue weighted by atomic mass is 16.5. The summed E-state index contributed by atoms with van der Waals surface area (Å²) in [5.41, 5.74) is 6.62. The number of fused-ring (bicyclic) bond motifs is 1. The van der Waals surface area contributed by atoms with Crippen molar-refractivity contribution in [1.82, 2.24) is 9.97 Å². The van der Waals surface area contributed by atoms with Gasteiger partial charge in [-0.1, -0.05) is 23.4 Å². The zero-order valence-corrected chi connectivity index (χ0v) is 11.0. The van der Waals surface area contributed by atoms with Crippen LogP contribution in [0.15, 0.2) is 60.0 Å². The van der Waals surface area contributed by atoms with Gasteiger partial charge in [0.05, 0.1) is 0 Å². The molecule has 2 heterocycles. The predicted octanol–water partition coefficient (Wildman–Crippen LogP) is 2.52. The van der Waals surface area contributed by atoms with Crippen LogP contribution >= 0.6 is 0 Å². The molecule has 0 aliphatic heterocycles. The van der Waals surface area contributed by atoms with Crippen LogP contribution in [0.4, 0.5) is 0 Å². The SMILES string of the molecule is NC(=NO)c1cc(Oc2cccc3cccnc23)ccn1. The molecule has 0 fully saturated rings. The second-order valence-corrected chi connectivity index (χ2v) is 4.30. The van der Waals surface area contributed by atoms with Crippen molar-refractivity contribution in [3.05, 3.63) is 60.6 Å². The summed E-state index contributed by atoms with van der Waals surface area (Å²) in [6.45, 7) is 0. The van der Waals surface area contributed by atoms with E-state index < -0.39 is 0 Å². The number of ether oxygens (including phenoxy) is 1. The Kier molecular flexibility index (Phi) is 3.34. The number of rotatable bonds is 3. The number of hydrogen-bond acceptors (Lipinski definition) is 5. The van der Waals surface area contributed by atoms with Crippen LogP contribution in [0.1, 0.15) is 5.69 Å². The first-order valence-corrected chi connectivity index (χ1v) is 6.23. The molecule has 0 bridgehead atoms. The average molecular weight is 280 g/mol. The van der Waals surface area contributed by atoms with Crippen molar-refractivity contribution in [2.24, 2.45) is 10.9 Å². The molecule has 0 spiro atoms. The predicted molar refractivity (Wildman–Crippen MR) is 78.6 cm³/mol. The molecule has 0 radical (unpaired) electrons. The quantitative estimate of drug-likeness (QED) is 0.333. The standard InChI is InChI=1S/C15H12N4O2/c16-15(19-20)12-9-11(6-8-17-12)21-13-5-1-3-10-4-2-7-18-14(10)13/h1-9,20H,(H2,16,19). The van der Waals surface area contributed by atoms with Crippen LogP contribution in [0.25, 0.3) is 10.9 Å². The first-order valence-electron chi connectivity index (χ1n) is 6.23. The highest BCUT2D eigenvalue weighted by Gasteiger charge is 2.07. The van der Waals surface area contributed by atoms with E-state index in [1.165, 1.54) is 6.20 Å². The van der Waals surface area contributed by atoms with E-state index in [1.54, 1.807) is 18.3 Å². The molecule has 3 aromatic rings. The fourth-order valence-corrected chi connectivity index (χ4v) is 1.95. The lowest BCUT2D eigenvalue weighted by Gasteiger charge is -2.08. The number of para-hydroxylation sites is 1. The Bertz CT molecular complexity index is 812. The summed E-state index contributed by atoms with van der Waals surface area (Å²) in [5, 5.41) is 12.6. The molecule has 2 aromatic heterocycles. The second-order valence-electron chi connectivity index (χ2n) is 4.30. The van der Waals surface area contributed by atoms with Crippen molar-refractivity contribution in [3.8, 4) is 11.5 Å². The summed E-state index contributed by atoms with van der Waals surface area (Å²) in [4.78, 5) is 8.32. The van der Waals surface area contributed by atoms with Gasteiger partial charge in [-0.15, -0.1) is 0 Å². The molecule has 0 saturated heterocycles. The van der Waals surface area contributed by atoms with Gasteiger partial charge >= 0.3 is 0 Å². The van der Waals surface area contributed by atoms with Gasteiger partial charge in [0.15, 0.2) is 11.6 Å². The van der Waals surface area contributed by atoms with Crippen molar-refractivity contribution >= 4 is 16.7 Å². The zero-order valence-electron chi connectivity index (χ0n) is 11.0. The Morgan fingerprint density at radius 1 is 1.10 bits per heavy atom. The number of oxime groups is 1. The van der Waals surface area contributed by atoms with E-state index in [9.17, 15) is 0 Å². The third-order valence-electron chi connectivity index (χ3n) is 2.93. The molecule has 0 saturated carbocycles. The summed E-state index contributed by atoms with van der Waals surface area (Å²) in [5.74, 6) is 1.09. The fraction of sp³-hybridized carbons (Fsp3) is 0. The minimum absolute atomic E-state index is 0.0727. The van der Waals surface area contributed by atoms with Gasteiger partial charge in [0.2, 0.25) is 0 Å². The van der Waals surface area contributed by atoms with Gasteiger partial charge in [0.1, 0.15) is 17.0 Å². The molecule has 104 valence electrons. The Hall–Kier alpha value is -3.15. The van der Waals surface area contributed by atoms with Gasteiger partial charge in [0, 0.05) is 23.8 Å². The van der Waals surface area contributed by atoms with Crippen molar-refractivity contribution in [2.45, 2.75) is 0 Å². The monoisotopic (exact) mass is 280 g/mol. The van der Waals surface area contributed by atoms with Crippen molar-refractivity contribution in [1.29, 1.82) is 0 Å². The Labute approximate surface area is 120 Å².